The lowest BCUT2D eigenvalue weighted by Gasteiger charge is -2.23. The van der Waals surface area contributed by atoms with Crippen molar-refractivity contribution in [1.29, 1.82) is 0 Å². The average Bonchev–Trinajstić information content (AvgIpc) is 2.43. The monoisotopic (exact) mass is 334 g/mol. The van der Waals surface area contributed by atoms with Gasteiger partial charge in [-0.3, -0.25) is 0 Å². The molecule has 0 spiro atoms. The first-order chi connectivity index (χ1) is 9.45. The fourth-order valence-corrected chi connectivity index (χ4v) is 1.10. The molecule has 5 nitrogen and oxygen atoms in total. The number of carbonyl (C=O) groups is 1. The fourth-order valence-electron chi connectivity index (χ4n) is 0.810. The molecule has 2 N–H and O–H groups in total. The summed E-state index contributed by atoms with van der Waals surface area (Å²) < 4.78 is 10.2. The minimum atomic E-state index is -0.467. The number of rotatable bonds is 3. The van der Waals surface area contributed by atoms with Crippen LogP contribution in [0.2, 0.25) is 0 Å². The number of aliphatic hydroxyl groups excluding tert-OH is 2. The lowest BCUT2D eigenvalue weighted by Crippen LogP contribution is -2.33. The van der Waals surface area contributed by atoms with Gasteiger partial charge in [0.15, 0.2) is 0 Å². The molecule has 0 radical (unpaired) electrons. The molecule has 0 aromatic heterocycles. The second kappa shape index (κ2) is 21.4. The van der Waals surface area contributed by atoms with Crippen LogP contribution in [-0.4, -0.2) is 60.5 Å². The molecular formula is C13H28Cl2O5. The van der Waals surface area contributed by atoms with Gasteiger partial charge in [-0.1, -0.05) is 13.3 Å². The predicted octanol–water partition coefficient (Wildman–Crippen LogP) is 2.19. The Morgan fingerprint density at radius 3 is 1.95 bits per heavy atom. The molecule has 1 unspecified atom stereocenters. The largest absolute Gasteiger partial charge is 0.400 e. The molecule has 1 saturated heterocycles. The Labute approximate surface area is 132 Å². The van der Waals surface area contributed by atoms with E-state index in [0.29, 0.717) is 26.4 Å². The summed E-state index contributed by atoms with van der Waals surface area (Å²) in [5, 5.41) is 15.1. The zero-order chi connectivity index (χ0) is 16.4. The summed E-state index contributed by atoms with van der Waals surface area (Å²) in [5.74, 6) is 0.167. The summed E-state index contributed by atoms with van der Waals surface area (Å²) in [6, 6.07) is 0. The van der Waals surface area contributed by atoms with Crippen LogP contribution >= 0.6 is 23.2 Å². The lowest BCUT2D eigenvalue weighted by molar-refractivity contribution is -0.114. The van der Waals surface area contributed by atoms with Crippen molar-refractivity contribution in [3.05, 3.63) is 0 Å². The molecule has 0 aromatic carbocycles. The zero-order valence-corrected chi connectivity index (χ0v) is 14.3. The highest BCUT2D eigenvalue weighted by atomic mass is 35.5. The maximum Gasteiger partial charge on any atom is 0.136 e. The van der Waals surface area contributed by atoms with Gasteiger partial charge in [-0.25, -0.2) is 0 Å². The van der Waals surface area contributed by atoms with Gasteiger partial charge in [-0.15, -0.1) is 23.2 Å². The van der Waals surface area contributed by atoms with Crippen molar-refractivity contribution in [3.8, 4) is 0 Å². The minimum Gasteiger partial charge on any atom is -0.400 e. The molecule has 0 aromatic rings. The van der Waals surface area contributed by atoms with Gasteiger partial charge in [0.1, 0.15) is 16.7 Å². The van der Waals surface area contributed by atoms with E-state index in [9.17, 15) is 4.79 Å². The topological polar surface area (TPSA) is 76.0 Å². The molecule has 0 amide bonds. The summed E-state index contributed by atoms with van der Waals surface area (Å²) in [6.07, 6.45) is 1.90. The van der Waals surface area contributed by atoms with Gasteiger partial charge in [0.2, 0.25) is 0 Å². The molecule has 20 heavy (non-hydrogen) atoms. The molecule has 1 aliphatic heterocycles. The van der Waals surface area contributed by atoms with Crippen LogP contribution in [-0.2, 0) is 14.3 Å². The van der Waals surface area contributed by atoms with E-state index in [1.54, 1.807) is 0 Å². The average molecular weight is 335 g/mol. The molecule has 0 bridgehead atoms. The van der Waals surface area contributed by atoms with Gasteiger partial charge < -0.3 is 24.5 Å². The summed E-state index contributed by atoms with van der Waals surface area (Å²) >= 11 is 11.0. The van der Waals surface area contributed by atoms with Crippen molar-refractivity contribution in [2.75, 3.05) is 33.5 Å². The Hall–Kier alpha value is 0.0900. The van der Waals surface area contributed by atoms with Gasteiger partial charge >= 0.3 is 0 Å². The molecular weight excluding hydrogens is 307 g/mol. The van der Waals surface area contributed by atoms with Crippen molar-refractivity contribution >= 4 is 29.0 Å². The number of aliphatic hydroxyl groups is 2. The first kappa shape index (κ1) is 25.1. The van der Waals surface area contributed by atoms with Crippen molar-refractivity contribution in [2.24, 2.45) is 0 Å². The van der Waals surface area contributed by atoms with Gasteiger partial charge in [0.25, 0.3) is 0 Å². The molecule has 124 valence electrons. The number of hydrogen-bond donors (Lipinski definition) is 2. The van der Waals surface area contributed by atoms with Crippen LogP contribution in [0.5, 0.6) is 0 Å². The maximum atomic E-state index is 9.44. The van der Waals surface area contributed by atoms with Crippen LogP contribution in [0.15, 0.2) is 0 Å². The highest BCUT2D eigenvalue weighted by molar-refractivity contribution is 6.44. The van der Waals surface area contributed by atoms with Crippen molar-refractivity contribution in [3.63, 3.8) is 0 Å². The van der Waals surface area contributed by atoms with Gasteiger partial charge in [-0.2, -0.15) is 0 Å². The van der Waals surface area contributed by atoms with Crippen LogP contribution in [0.4, 0.5) is 0 Å². The van der Waals surface area contributed by atoms with Gasteiger partial charge in [-0.05, 0) is 20.3 Å². The van der Waals surface area contributed by atoms with E-state index < -0.39 is 4.84 Å². The highest BCUT2D eigenvalue weighted by Gasteiger charge is 2.20. The van der Waals surface area contributed by atoms with E-state index in [2.05, 4.69) is 6.92 Å². The quantitative estimate of drug-likeness (QED) is 0.773. The van der Waals surface area contributed by atoms with Gasteiger partial charge in [0.05, 0.1) is 19.8 Å². The van der Waals surface area contributed by atoms with E-state index in [1.807, 2.05) is 0 Å². The molecule has 1 aliphatic rings. The third-order valence-electron chi connectivity index (χ3n) is 1.63. The predicted molar refractivity (Wildman–Crippen MR) is 82.5 cm³/mol. The van der Waals surface area contributed by atoms with Gasteiger partial charge in [0, 0.05) is 13.7 Å². The molecule has 7 heteroatoms. The number of ether oxygens (including phenoxy) is 2. The third-order valence-corrected chi connectivity index (χ3v) is 2.20. The standard InChI is InChI=1S/C5H8Cl2O2.C4H10O.C3H6O.CH4O/c6-5(7)4-3-8-1-2-9-4;1-2-3-4-5;1-3(2)4;1-2/h4-5H,1-3H2;5H,2-4H2,1H3;1-2H3;2H,1H3. The number of hydrogen-bond acceptors (Lipinski definition) is 5. The molecule has 0 aliphatic carbocycles. The van der Waals surface area contributed by atoms with Crippen LogP contribution in [0.3, 0.4) is 0 Å². The number of Topliss-reactive ketones (excluding diaryl/α,β-unsaturated/α-hetero) is 1. The maximum absolute atomic E-state index is 9.44. The Bertz CT molecular complexity index is 180. The van der Waals surface area contributed by atoms with Crippen LogP contribution in [0.25, 0.3) is 0 Å². The smallest absolute Gasteiger partial charge is 0.136 e. The van der Waals surface area contributed by atoms with E-state index in [-0.39, 0.29) is 11.9 Å². The second-order valence-electron chi connectivity index (χ2n) is 3.80. The Balaban J connectivity index is -0.000000226. The normalized spacial score (nSPS) is 16.8. The number of ketones is 1. The van der Waals surface area contributed by atoms with E-state index in [4.69, 9.17) is 42.9 Å². The Morgan fingerprint density at radius 2 is 1.80 bits per heavy atom. The summed E-state index contributed by atoms with van der Waals surface area (Å²) in [7, 11) is 1.00. The van der Waals surface area contributed by atoms with Crippen LogP contribution < -0.4 is 0 Å². The summed E-state index contributed by atoms with van der Waals surface area (Å²) in [6.45, 7) is 7.21. The SMILES string of the molecule is CC(C)=O.CCCCO.CO.ClC(Cl)C1COCCO1. The molecule has 1 atom stereocenters. The second-order valence-corrected chi connectivity index (χ2v) is 4.97. The summed E-state index contributed by atoms with van der Waals surface area (Å²) in [4.78, 5) is 8.98. The number of carbonyl (C=O) groups excluding carboxylic acids is 1. The van der Waals surface area contributed by atoms with Crippen LogP contribution in [0.1, 0.15) is 33.6 Å². The Morgan fingerprint density at radius 1 is 1.30 bits per heavy atom. The molecule has 0 saturated carbocycles. The van der Waals surface area contributed by atoms with E-state index in [1.165, 1.54) is 13.8 Å². The van der Waals surface area contributed by atoms with Crippen molar-refractivity contribution in [1.82, 2.24) is 0 Å². The number of alkyl halides is 2. The fraction of sp³-hybridized carbons (Fsp3) is 0.923. The summed E-state index contributed by atoms with van der Waals surface area (Å²) in [5.41, 5.74) is 0. The van der Waals surface area contributed by atoms with E-state index in [0.717, 1.165) is 20.0 Å². The lowest BCUT2D eigenvalue weighted by atomic mass is 10.4. The van der Waals surface area contributed by atoms with Crippen LogP contribution in [0, 0.1) is 0 Å². The third kappa shape index (κ3) is 26.6. The molecule has 1 fully saturated rings. The molecule has 1 rings (SSSR count). The zero-order valence-electron chi connectivity index (χ0n) is 12.8. The first-order valence-corrected chi connectivity index (χ1v) is 7.33. The minimum absolute atomic E-state index is 0.137. The number of unbranched alkanes of at least 4 members (excludes halogenated alkanes) is 1. The van der Waals surface area contributed by atoms with E-state index >= 15 is 0 Å². The van der Waals surface area contributed by atoms with Crippen molar-refractivity contribution < 1.29 is 24.5 Å². The molecule has 1 heterocycles. The Kier molecular flexibility index (Phi) is 26.8. The first-order valence-electron chi connectivity index (χ1n) is 6.45. The highest BCUT2D eigenvalue weighted by Crippen LogP contribution is 2.14. The number of halogens is 2. The van der Waals surface area contributed by atoms with Crippen molar-refractivity contribution in [2.45, 2.75) is 44.6 Å².